The fourth-order valence-corrected chi connectivity index (χ4v) is 3.63. The maximum absolute atomic E-state index is 12.4. The molecule has 1 aromatic rings. The maximum Gasteiger partial charge on any atom is 0.310 e. The third-order valence-corrected chi connectivity index (χ3v) is 5.02. The van der Waals surface area contributed by atoms with Gasteiger partial charge in [0.2, 0.25) is 5.91 Å². The standard InChI is InChI=1S/C20H29N3O4/c1-2-27-20(25)16-4-3-9-22(14-16)15-19(24)21-17-5-7-18(8-6-17)23-10-12-26-13-11-23/h5-8,16H,2-4,9-15H2,1H3,(H,21,24)/t16-/m1/s1. The van der Waals surface area contributed by atoms with Crippen molar-refractivity contribution >= 4 is 23.3 Å². The van der Waals surface area contributed by atoms with Crippen LogP contribution >= 0.6 is 0 Å². The molecule has 2 aliphatic rings. The minimum Gasteiger partial charge on any atom is -0.466 e. The second-order valence-corrected chi connectivity index (χ2v) is 7.02. The summed E-state index contributed by atoms with van der Waals surface area (Å²) in [5.74, 6) is -0.334. The molecule has 1 aromatic carbocycles. The van der Waals surface area contributed by atoms with E-state index in [2.05, 4.69) is 10.2 Å². The van der Waals surface area contributed by atoms with Crippen molar-refractivity contribution in [3.63, 3.8) is 0 Å². The Balaban J connectivity index is 1.47. The molecule has 0 aromatic heterocycles. The van der Waals surface area contributed by atoms with E-state index in [-0.39, 0.29) is 17.8 Å². The van der Waals surface area contributed by atoms with Crippen molar-refractivity contribution in [2.75, 3.05) is 62.8 Å². The van der Waals surface area contributed by atoms with Gasteiger partial charge in [-0.3, -0.25) is 14.5 Å². The molecule has 0 radical (unpaired) electrons. The molecule has 0 aliphatic carbocycles. The number of hydrogen-bond acceptors (Lipinski definition) is 6. The van der Waals surface area contributed by atoms with E-state index in [1.54, 1.807) is 0 Å². The minimum absolute atomic E-state index is 0.0568. The first-order valence-electron chi connectivity index (χ1n) is 9.77. The lowest BCUT2D eigenvalue weighted by molar-refractivity contribution is -0.150. The van der Waals surface area contributed by atoms with Gasteiger partial charge in [0, 0.05) is 31.0 Å². The van der Waals surface area contributed by atoms with Crippen LogP contribution in [-0.2, 0) is 19.1 Å². The monoisotopic (exact) mass is 375 g/mol. The Morgan fingerprint density at radius 1 is 1.19 bits per heavy atom. The molecule has 1 amide bonds. The Morgan fingerprint density at radius 3 is 2.63 bits per heavy atom. The van der Waals surface area contributed by atoms with Crippen LogP contribution in [0.5, 0.6) is 0 Å². The lowest BCUT2D eigenvalue weighted by Gasteiger charge is -2.31. The van der Waals surface area contributed by atoms with Crippen LogP contribution < -0.4 is 10.2 Å². The first-order chi connectivity index (χ1) is 13.2. The van der Waals surface area contributed by atoms with Crippen LogP contribution in [0.4, 0.5) is 11.4 Å². The highest BCUT2D eigenvalue weighted by Gasteiger charge is 2.27. The van der Waals surface area contributed by atoms with Crippen LogP contribution in [0.25, 0.3) is 0 Å². The Bertz CT molecular complexity index is 629. The van der Waals surface area contributed by atoms with Gasteiger partial charge in [-0.1, -0.05) is 0 Å². The van der Waals surface area contributed by atoms with E-state index < -0.39 is 0 Å². The summed E-state index contributed by atoms with van der Waals surface area (Å²) >= 11 is 0. The molecule has 1 atom stereocenters. The van der Waals surface area contributed by atoms with Crippen molar-refractivity contribution in [1.82, 2.24) is 4.90 Å². The predicted molar refractivity (Wildman–Crippen MR) is 104 cm³/mol. The molecule has 2 aliphatic heterocycles. The highest BCUT2D eigenvalue weighted by molar-refractivity contribution is 5.92. The van der Waals surface area contributed by atoms with Crippen LogP contribution in [-0.4, -0.2) is 69.3 Å². The van der Waals surface area contributed by atoms with Gasteiger partial charge in [0.1, 0.15) is 0 Å². The summed E-state index contributed by atoms with van der Waals surface area (Å²) in [6.45, 7) is 7.21. The summed E-state index contributed by atoms with van der Waals surface area (Å²) in [5.41, 5.74) is 1.93. The number of esters is 1. The van der Waals surface area contributed by atoms with Gasteiger partial charge in [0.25, 0.3) is 0 Å². The fraction of sp³-hybridized carbons (Fsp3) is 0.600. The van der Waals surface area contributed by atoms with Crippen molar-refractivity contribution in [3.8, 4) is 0 Å². The minimum atomic E-state index is -0.152. The van der Waals surface area contributed by atoms with Crippen LogP contribution in [0, 0.1) is 5.92 Å². The number of anilines is 2. The molecule has 2 fully saturated rings. The number of ether oxygens (including phenoxy) is 2. The number of nitrogens with zero attached hydrogens (tertiary/aromatic N) is 2. The van der Waals surface area contributed by atoms with E-state index in [4.69, 9.17) is 9.47 Å². The largest absolute Gasteiger partial charge is 0.466 e. The SMILES string of the molecule is CCOC(=O)[C@@H]1CCCN(CC(=O)Nc2ccc(N3CCOCC3)cc2)C1. The molecule has 27 heavy (non-hydrogen) atoms. The fourth-order valence-electron chi connectivity index (χ4n) is 3.63. The van der Waals surface area contributed by atoms with E-state index >= 15 is 0 Å². The van der Waals surface area contributed by atoms with Crippen molar-refractivity contribution in [3.05, 3.63) is 24.3 Å². The molecule has 2 saturated heterocycles. The summed E-state index contributed by atoms with van der Waals surface area (Å²) < 4.78 is 10.5. The number of rotatable bonds is 6. The number of carbonyl (C=O) groups is 2. The summed E-state index contributed by atoms with van der Waals surface area (Å²) in [4.78, 5) is 28.6. The third-order valence-electron chi connectivity index (χ3n) is 5.02. The van der Waals surface area contributed by atoms with Gasteiger partial charge >= 0.3 is 5.97 Å². The molecule has 0 bridgehead atoms. The molecule has 7 heteroatoms. The van der Waals surface area contributed by atoms with E-state index in [0.717, 1.165) is 57.1 Å². The van der Waals surface area contributed by atoms with Crippen molar-refractivity contribution in [1.29, 1.82) is 0 Å². The Labute approximate surface area is 160 Å². The zero-order chi connectivity index (χ0) is 19.1. The van der Waals surface area contributed by atoms with Crippen LogP contribution in [0.3, 0.4) is 0 Å². The van der Waals surface area contributed by atoms with Gasteiger partial charge < -0.3 is 19.7 Å². The summed E-state index contributed by atoms with van der Waals surface area (Å²) in [5, 5.41) is 2.95. The van der Waals surface area contributed by atoms with Crippen LogP contribution in [0.15, 0.2) is 24.3 Å². The Hall–Kier alpha value is -2.12. The van der Waals surface area contributed by atoms with Gasteiger partial charge in [-0.2, -0.15) is 0 Å². The number of piperidine rings is 1. The summed E-state index contributed by atoms with van der Waals surface area (Å²) in [6.07, 6.45) is 1.74. The van der Waals surface area contributed by atoms with E-state index in [0.29, 0.717) is 19.7 Å². The lowest BCUT2D eigenvalue weighted by Crippen LogP contribution is -2.43. The van der Waals surface area contributed by atoms with Gasteiger partial charge in [-0.25, -0.2) is 0 Å². The first kappa shape index (κ1) is 19.6. The molecule has 148 valence electrons. The van der Waals surface area contributed by atoms with Crippen molar-refractivity contribution in [2.24, 2.45) is 5.92 Å². The Morgan fingerprint density at radius 2 is 1.93 bits per heavy atom. The molecular formula is C20H29N3O4. The number of hydrogen-bond donors (Lipinski definition) is 1. The molecule has 0 saturated carbocycles. The van der Waals surface area contributed by atoms with E-state index in [1.165, 1.54) is 0 Å². The Kier molecular flexibility index (Phi) is 7.06. The van der Waals surface area contributed by atoms with Gasteiger partial charge in [0.15, 0.2) is 0 Å². The van der Waals surface area contributed by atoms with Crippen LogP contribution in [0.2, 0.25) is 0 Å². The van der Waals surface area contributed by atoms with Crippen molar-refractivity contribution < 1.29 is 19.1 Å². The topological polar surface area (TPSA) is 71.1 Å². The number of morpholine rings is 1. The normalized spacial score (nSPS) is 20.9. The quantitative estimate of drug-likeness (QED) is 0.764. The zero-order valence-corrected chi connectivity index (χ0v) is 16.0. The van der Waals surface area contributed by atoms with Crippen molar-refractivity contribution in [2.45, 2.75) is 19.8 Å². The molecule has 1 N–H and O–H groups in total. The maximum atomic E-state index is 12.4. The van der Waals surface area contributed by atoms with Gasteiger partial charge in [-0.15, -0.1) is 0 Å². The number of benzene rings is 1. The number of nitrogens with one attached hydrogen (secondary N) is 1. The van der Waals surface area contributed by atoms with Gasteiger partial charge in [-0.05, 0) is 50.6 Å². The molecule has 0 unspecified atom stereocenters. The highest BCUT2D eigenvalue weighted by atomic mass is 16.5. The molecule has 3 rings (SSSR count). The number of likely N-dealkylation sites (tertiary alicyclic amines) is 1. The molecule has 7 nitrogen and oxygen atoms in total. The second kappa shape index (κ2) is 9.71. The number of carbonyl (C=O) groups excluding carboxylic acids is 2. The zero-order valence-electron chi connectivity index (χ0n) is 16.0. The predicted octanol–water partition coefficient (Wildman–Crippen LogP) is 1.74. The first-order valence-corrected chi connectivity index (χ1v) is 9.77. The average Bonchev–Trinajstić information content (AvgIpc) is 2.69. The average molecular weight is 375 g/mol. The number of amides is 1. The van der Waals surface area contributed by atoms with Crippen LogP contribution in [0.1, 0.15) is 19.8 Å². The molecular weight excluding hydrogens is 346 g/mol. The smallest absolute Gasteiger partial charge is 0.310 e. The lowest BCUT2D eigenvalue weighted by atomic mass is 9.98. The molecule has 0 spiro atoms. The third kappa shape index (κ3) is 5.68. The highest BCUT2D eigenvalue weighted by Crippen LogP contribution is 2.20. The molecule has 2 heterocycles. The summed E-state index contributed by atoms with van der Waals surface area (Å²) in [6, 6.07) is 7.91. The van der Waals surface area contributed by atoms with E-state index in [9.17, 15) is 9.59 Å². The summed E-state index contributed by atoms with van der Waals surface area (Å²) in [7, 11) is 0. The van der Waals surface area contributed by atoms with Gasteiger partial charge in [0.05, 0.1) is 32.3 Å². The van der Waals surface area contributed by atoms with E-state index in [1.807, 2.05) is 36.1 Å². The second-order valence-electron chi connectivity index (χ2n) is 7.02.